The first-order valence-corrected chi connectivity index (χ1v) is 5.79. The Morgan fingerprint density at radius 2 is 2.06 bits per heavy atom. The molecule has 2 heterocycles. The van der Waals surface area contributed by atoms with Crippen molar-refractivity contribution in [3.05, 3.63) is 59.3 Å². The number of aryl methyl sites for hydroxylation is 1. The summed E-state index contributed by atoms with van der Waals surface area (Å²) in [6.45, 7) is 1.99. The molecule has 1 aliphatic heterocycles. The monoisotopic (exact) mass is 241 g/mol. The average Bonchev–Trinajstić information content (AvgIpc) is 2.70. The molecule has 0 radical (unpaired) electrons. The molecule has 4 heteroatoms. The van der Waals surface area contributed by atoms with Crippen LogP contribution in [0.25, 0.3) is 0 Å². The van der Waals surface area contributed by atoms with Crippen molar-refractivity contribution in [2.75, 3.05) is 5.32 Å². The summed E-state index contributed by atoms with van der Waals surface area (Å²) in [5, 5.41) is 3.20. The molecule has 0 unspecified atom stereocenters. The molecule has 1 aliphatic rings. The Morgan fingerprint density at radius 3 is 2.89 bits per heavy atom. The highest BCUT2D eigenvalue weighted by Crippen LogP contribution is 2.30. The summed E-state index contributed by atoms with van der Waals surface area (Å²) in [4.78, 5) is 14.8. The standard InChI is InChI=1S/C14H12N2O2/c1-9-5-4-8-15-12(9)16-13-10-6-2-3-7-11(10)14(17)18-13/h2-8,13H,1H3,(H,15,16)/p+1/t13-/m1/s1. The summed E-state index contributed by atoms with van der Waals surface area (Å²) in [5.41, 5.74) is 2.57. The van der Waals surface area contributed by atoms with E-state index in [0.29, 0.717) is 5.56 Å². The molecular formula is C14H13N2O2+. The number of nitrogens with one attached hydrogen (secondary N) is 2. The van der Waals surface area contributed by atoms with Gasteiger partial charge >= 0.3 is 5.97 Å². The number of carbonyl (C=O) groups excluding carboxylic acids is 1. The number of benzene rings is 1. The zero-order valence-electron chi connectivity index (χ0n) is 9.94. The third kappa shape index (κ3) is 1.72. The number of aromatic nitrogens is 1. The van der Waals surface area contributed by atoms with Crippen molar-refractivity contribution in [3.63, 3.8) is 0 Å². The van der Waals surface area contributed by atoms with Crippen LogP contribution in [0.15, 0.2) is 42.6 Å². The molecule has 1 atom stereocenters. The van der Waals surface area contributed by atoms with E-state index in [1.807, 2.05) is 43.5 Å². The van der Waals surface area contributed by atoms with E-state index in [4.69, 9.17) is 4.74 Å². The topological polar surface area (TPSA) is 52.5 Å². The van der Waals surface area contributed by atoms with E-state index in [2.05, 4.69) is 10.3 Å². The molecule has 1 aromatic carbocycles. The van der Waals surface area contributed by atoms with Gasteiger partial charge in [-0.2, -0.15) is 0 Å². The molecule has 1 aromatic heterocycles. The Labute approximate surface area is 105 Å². The molecule has 2 aromatic rings. The quantitative estimate of drug-likeness (QED) is 0.819. The molecular weight excluding hydrogens is 228 g/mol. The van der Waals surface area contributed by atoms with Gasteiger partial charge in [0, 0.05) is 5.56 Å². The molecule has 0 saturated heterocycles. The number of aromatic amines is 1. The third-order valence-corrected chi connectivity index (χ3v) is 3.03. The molecule has 0 amide bonds. The second-order valence-corrected chi connectivity index (χ2v) is 4.25. The molecule has 18 heavy (non-hydrogen) atoms. The van der Waals surface area contributed by atoms with E-state index in [-0.39, 0.29) is 5.97 Å². The second kappa shape index (κ2) is 4.14. The first kappa shape index (κ1) is 10.8. The lowest BCUT2D eigenvalue weighted by Crippen LogP contribution is -2.18. The molecule has 0 fully saturated rings. The van der Waals surface area contributed by atoms with Crippen LogP contribution in [0.1, 0.15) is 27.7 Å². The predicted octanol–water partition coefficient (Wildman–Crippen LogP) is 2.09. The molecule has 0 spiro atoms. The van der Waals surface area contributed by atoms with Gasteiger partial charge in [-0.25, -0.2) is 15.1 Å². The number of pyridine rings is 1. The van der Waals surface area contributed by atoms with Gasteiger partial charge in [-0.15, -0.1) is 0 Å². The zero-order chi connectivity index (χ0) is 12.5. The number of rotatable bonds is 2. The minimum atomic E-state index is -0.425. The lowest BCUT2D eigenvalue weighted by atomic mass is 10.1. The van der Waals surface area contributed by atoms with Crippen LogP contribution >= 0.6 is 0 Å². The van der Waals surface area contributed by atoms with Crippen LogP contribution in [0.4, 0.5) is 5.82 Å². The Kier molecular flexibility index (Phi) is 2.48. The van der Waals surface area contributed by atoms with Gasteiger partial charge in [-0.05, 0) is 25.1 Å². The number of ether oxygens (including phenoxy) is 1. The van der Waals surface area contributed by atoms with E-state index < -0.39 is 6.23 Å². The van der Waals surface area contributed by atoms with E-state index >= 15 is 0 Å². The van der Waals surface area contributed by atoms with Crippen LogP contribution in [0.5, 0.6) is 0 Å². The number of H-pyrrole nitrogens is 1. The van der Waals surface area contributed by atoms with Gasteiger partial charge in [0.05, 0.1) is 17.3 Å². The molecule has 0 aliphatic carbocycles. The molecule has 0 saturated carbocycles. The Balaban J connectivity index is 1.92. The van der Waals surface area contributed by atoms with E-state index in [1.54, 1.807) is 6.07 Å². The first-order valence-electron chi connectivity index (χ1n) is 5.79. The number of hydrogen-bond donors (Lipinski definition) is 1. The highest BCUT2D eigenvalue weighted by Gasteiger charge is 2.34. The summed E-state index contributed by atoms with van der Waals surface area (Å²) in [5.74, 6) is 0.573. The smallest absolute Gasteiger partial charge is 0.342 e. The fourth-order valence-electron chi connectivity index (χ4n) is 2.06. The van der Waals surface area contributed by atoms with Crippen LogP contribution in [-0.2, 0) is 4.74 Å². The molecule has 0 bridgehead atoms. The van der Waals surface area contributed by atoms with Gasteiger partial charge in [-0.1, -0.05) is 18.2 Å². The molecule has 90 valence electrons. The average molecular weight is 241 g/mol. The molecule has 3 rings (SSSR count). The number of anilines is 1. The number of fused-ring (bicyclic) bond motifs is 1. The predicted molar refractivity (Wildman–Crippen MR) is 66.0 cm³/mol. The first-order chi connectivity index (χ1) is 8.75. The van der Waals surface area contributed by atoms with Gasteiger partial charge in [0.1, 0.15) is 0 Å². The van der Waals surface area contributed by atoms with Crippen molar-refractivity contribution in [3.8, 4) is 0 Å². The van der Waals surface area contributed by atoms with Gasteiger partial charge in [0.25, 0.3) is 12.0 Å². The fourth-order valence-corrected chi connectivity index (χ4v) is 2.06. The van der Waals surface area contributed by atoms with Crippen molar-refractivity contribution in [2.45, 2.75) is 13.2 Å². The number of cyclic esters (lactones) is 1. The van der Waals surface area contributed by atoms with E-state index in [1.165, 1.54) is 0 Å². The lowest BCUT2D eigenvalue weighted by molar-refractivity contribution is -0.362. The van der Waals surface area contributed by atoms with Gasteiger partial charge in [0.15, 0.2) is 0 Å². The maximum absolute atomic E-state index is 11.7. The van der Waals surface area contributed by atoms with Crippen molar-refractivity contribution >= 4 is 11.8 Å². The summed E-state index contributed by atoms with van der Waals surface area (Å²) in [7, 11) is 0. The number of carbonyl (C=O) groups is 1. The van der Waals surface area contributed by atoms with Crippen LogP contribution in [0.3, 0.4) is 0 Å². The van der Waals surface area contributed by atoms with Gasteiger partial charge in [-0.3, -0.25) is 0 Å². The number of esters is 1. The summed E-state index contributed by atoms with van der Waals surface area (Å²) in [6, 6.07) is 11.3. The van der Waals surface area contributed by atoms with Crippen molar-refractivity contribution < 1.29 is 14.5 Å². The van der Waals surface area contributed by atoms with Crippen molar-refractivity contribution in [1.29, 1.82) is 0 Å². The minimum absolute atomic E-state index is 0.281. The van der Waals surface area contributed by atoms with E-state index in [0.717, 1.165) is 16.9 Å². The SMILES string of the molecule is Cc1ccc[nH+]c1N[C@@H]1OC(=O)c2ccccc21. The Bertz CT molecular complexity index is 610. The van der Waals surface area contributed by atoms with Crippen LogP contribution in [0, 0.1) is 6.92 Å². The van der Waals surface area contributed by atoms with Gasteiger partial charge in [0.2, 0.25) is 0 Å². The summed E-state index contributed by atoms with van der Waals surface area (Å²) in [6.07, 6.45) is 1.41. The highest BCUT2D eigenvalue weighted by atomic mass is 16.6. The highest BCUT2D eigenvalue weighted by molar-refractivity contribution is 5.94. The van der Waals surface area contributed by atoms with Crippen LogP contribution < -0.4 is 10.3 Å². The minimum Gasteiger partial charge on any atom is -0.414 e. The third-order valence-electron chi connectivity index (χ3n) is 3.03. The van der Waals surface area contributed by atoms with Crippen LogP contribution in [0.2, 0.25) is 0 Å². The van der Waals surface area contributed by atoms with Crippen molar-refractivity contribution in [1.82, 2.24) is 0 Å². The molecule has 2 N–H and O–H groups in total. The zero-order valence-corrected chi connectivity index (χ0v) is 9.94. The van der Waals surface area contributed by atoms with Crippen molar-refractivity contribution in [2.24, 2.45) is 0 Å². The molecule has 4 nitrogen and oxygen atoms in total. The summed E-state index contributed by atoms with van der Waals surface area (Å²) >= 11 is 0. The van der Waals surface area contributed by atoms with Gasteiger partial charge < -0.3 is 4.74 Å². The lowest BCUT2D eigenvalue weighted by Gasteiger charge is -2.08. The maximum Gasteiger partial charge on any atom is 0.342 e. The van der Waals surface area contributed by atoms with E-state index in [9.17, 15) is 4.79 Å². The summed E-state index contributed by atoms with van der Waals surface area (Å²) < 4.78 is 5.32. The number of hydrogen-bond acceptors (Lipinski definition) is 3. The Morgan fingerprint density at radius 1 is 1.22 bits per heavy atom. The Hall–Kier alpha value is -2.36. The second-order valence-electron chi connectivity index (χ2n) is 4.25. The van der Waals surface area contributed by atoms with Crippen LogP contribution in [-0.4, -0.2) is 5.97 Å². The largest absolute Gasteiger partial charge is 0.414 e. The fraction of sp³-hybridized carbons (Fsp3) is 0.143. The maximum atomic E-state index is 11.7. The normalized spacial score (nSPS) is 17.2.